The van der Waals surface area contributed by atoms with Gasteiger partial charge in [0.1, 0.15) is 0 Å². The van der Waals surface area contributed by atoms with E-state index in [4.69, 9.17) is 10.3 Å². The molecule has 1 atom stereocenters. The highest BCUT2D eigenvalue weighted by molar-refractivity contribution is 9.10. The average Bonchev–Trinajstić information content (AvgIpc) is 2.84. The minimum atomic E-state index is -0.172. The van der Waals surface area contributed by atoms with Crippen molar-refractivity contribution in [3.05, 3.63) is 21.8 Å². The molecule has 7 heteroatoms. The van der Waals surface area contributed by atoms with Gasteiger partial charge in [0.05, 0.1) is 10.9 Å². The first-order chi connectivity index (χ1) is 7.20. The Morgan fingerprint density at radius 3 is 2.94 bits per heavy atom. The van der Waals surface area contributed by atoms with E-state index in [0.29, 0.717) is 11.7 Å². The molecule has 0 aliphatic rings. The molecule has 0 saturated heterocycles. The van der Waals surface area contributed by atoms with Crippen LogP contribution in [0.3, 0.4) is 0 Å². The van der Waals surface area contributed by atoms with Crippen LogP contribution in [-0.4, -0.2) is 10.1 Å². The molecule has 0 spiro atoms. The summed E-state index contributed by atoms with van der Waals surface area (Å²) in [6, 6.07) is 1.78. The summed E-state index contributed by atoms with van der Waals surface area (Å²) in [6.07, 6.45) is 0.787. The lowest BCUT2D eigenvalue weighted by molar-refractivity contribution is 0.352. The molecule has 16 heavy (non-hydrogen) atoms. The van der Waals surface area contributed by atoms with E-state index in [1.165, 1.54) is 0 Å². The van der Waals surface area contributed by atoms with E-state index in [2.05, 4.69) is 26.1 Å². The van der Waals surface area contributed by atoms with Gasteiger partial charge < -0.3 is 10.3 Å². The minimum absolute atomic E-state index is 0. The van der Waals surface area contributed by atoms with Crippen LogP contribution in [0.2, 0.25) is 0 Å². The zero-order chi connectivity index (χ0) is 10.8. The van der Waals surface area contributed by atoms with E-state index in [9.17, 15) is 0 Å². The minimum Gasteiger partial charge on any atom is -0.337 e. The summed E-state index contributed by atoms with van der Waals surface area (Å²) < 4.78 is 6.11. The standard InChI is InChI=1S/C9H10BrN3OS.ClH/c1-2-6(11)9-12-8(13-14-9)7-3-5(10)4-15-7;/h3-4,6H,2,11H2,1H3;1H/t6-;/m0./s1. The Morgan fingerprint density at radius 2 is 2.38 bits per heavy atom. The molecular weight excluding hydrogens is 314 g/mol. The number of hydrogen-bond donors (Lipinski definition) is 1. The van der Waals surface area contributed by atoms with E-state index < -0.39 is 0 Å². The highest BCUT2D eigenvalue weighted by Gasteiger charge is 2.14. The van der Waals surface area contributed by atoms with Gasteiger partial charge in [-0.25, -0.2) is 0 Å². The van der Waals surface area contributed by atoms with E-state index in [1.54, 1.807) is 11.3 Å². The number of thiophene rings is 1. The van der Waals surface area contributed by atoms with Crippen molar-refractivity contribution in [2.24, 2.45) is 5.73 Å². The molecule has 0 radical (unpaired) electrons. The van der Waals surface area contributed by atoms with E-state index in [1.807, 2.05) is 18.4 Å². The molecule has 0 aliphatic carbocycles. The third kappa shape index (κ3) is 2.82. The van der Waals surface area contributed by atoms with E-state index >= 15 is 0 Å². The van der Waals surface area contributed by atoms with Gasteiger partial charge in [0, 0.05) is 9.85 Å². The van der Waals surface area contributed by atoms with Crippen molar-refractivity contribution in [1.82, 2.24) is 10.1 Å². The molecule has 2 aromatic rings. The van der Waals surface area contributed by atoms with Gasteiger partial charge in [0.2, 0.25) is 11.7 Å². The Morgan fingerprint density at radius 1 is 1.62 bits per heavy atom. The highest BCUT2D eigenvalue weighted by Crippen LogP contribution is 2.28. The maximum atomic E-state index is 5.79. The number of nitrogens with two attached hydrogens (primary N) is 1. The number of halogens is 2. The van der Waals surface area contributed by atoms with Crippen LogP contribution < -0.4 is 5.73 Å². The van der Waals surface area contributed by atoms with Crippen LogP contribution in [0.5, 0.6) is 0 Å². The van der Waals surface area contributed by atoms with Crippen molar-refractivity contribution in [2.75, 3.05) is 0 Å². The Labute approximate surface area is 112 Å². The average molecular weight is 325 g/mol. The summed E-state index contributed by atoms with van der Waals surface area (Å²) in [5.74, 6) is 1.10. The van der Waals surface area contributed by atoms with E-state index in [0.717, 1.165) is 15.8 Å². The van der Waals surface area contributed by atoms with Crippen LogP contribution in [0.1, 0.15) is 25.3 Å². The van der Waals surface area contributed by atoms with Gasteiger partial charge in [-0.05, 0) is 28.4 Å². The second kappa shape index (κ2) is 5.77. The molecule has 0 aliphatic heterocycles. The molecule has 2 heterocycles. The maximum absolute atomic E-state index is 5.79. The zero-order valence-electron chi connectivity index (χ0n) is 8.51. The Balaban J connectivity index is 0.00000128. The summed E-state index contributed by atoms with van der Waals surface area (Å²) in [5, 5.41) is 5.87. The second-order valence-electron chi connectivity index (χ2n) is 3.10. The quantitative estimate of drug-likeness (QED) is 0.940. The predicted octanol–water partition coefficient (Wildman–Crippen LogP) is 3.39. The maximum Gasteiger partial charge on any atom is 0.243 e. The summed E-state index contributed by atoms with van der Waals surface area (Å²) >= 11 is 4.94. The van der Waals surface area contributed by atoms with Crippen LogP contribution in [0.25, 0.3) is 10.7 Å². The Kier molecular flexibility index (Phi) is 4.91. The molecule has 88 valence electrons. The van der Waals surface area contributed by atoms with Gasteiger partial charge in [-0.3, -0.25) is 0 Å². The van der Waals surface area contributed by atoms with Gasteiger partial charge in [-0.2, -0.15) is 4.98 Å². The topological polar surface area (TPSA) is 64.9 Å². The number of aromatic nitrogens is 2. The van der Waals surface area contributed by atoms with Crippen molar-refractivity contribution in [1.29, 1.82) is 0 Å². The van der Waals surface area contributed by atoms with Crippen LogP contribution in [0, 0.1) is 0 Å². The second-order valence-corrected chi connectivity index (χ2v) is 4.93. The van der Waals surface area contributed by atoms with E-state index in [-0.39, 0.29) is 18.4 Å². The number of hydrogen-bond acceptors (Lipinski definition) is 5. The normalized spacial score (nSPS) is 12.2. The molecule has 2 N–H and O–H groups in total. The van der Waals surface area contributed by atoms with Crippen molar-refractivity contribution < 1.29 is 4.52 Å². The fourth-order valence-corrected chi connectivity index (χ4v) is 2.44. The molecule has 2 rings (SSSR count). The lowest BCUT2D eigenvalue weighted by Gasteiger charge is -1.98. The SMILES string of the molecule is CC[C@H](N)c1nc(-c2cc(Br)cs2)no1.Cl. The summed E-state index contributed by atoms with van der Waals surface area (Å²) in [4.78, 5) is 5.22. The first-order valence-electron chi connectivity index (χ1n) is 4.54. The van der Waals surface area contributed by atoms with Crippen LogP contribution in [0.15, 0.2) is 20.4 Å². The van der Waals surface area contributed by atoms with Crippen molar-refractivity contribution in [2.45, 2.75) is 19.4 Å². The molecule has 0 unspecified atom stereocenters. The Bertz CT molecular complexity index is 459. The predicted molar refractivity (Wildman–Crippen MR) is 69.8 cm³/mol. The van der Waals surface area contributed by atoms with Crippen LogP contribution in [-0.2, 0) is 0 Å². The fraction of sp³-hybridized carbons (Fsp3) is 0.333. The molecule has 4 nitrogen and oxygen atoms in total. The molecule has 0 aromatic carbocycles. The van der Waals surface area contributed by atoms with Crippen molar-refractivity contribution in [3.63, 3.8) is 0 Å². The largest absolute Gasteiger partial charge is 0.337 e. The third-order valence-corrected chi connectivity index (χ3v) is 3.67. The summed E-state index contributed by atoms with van der Waals surface area (Å²) in [5.41, 5.74) is 5.79. The van der Waals surface area contributed by atoms with Crippen molar-refractivity contribution >= 4 is 39.7 Å². The monoisotopic (exact) mass is 323 g/mol. The summed E-state index contributed by atoms with van der Waals surface area (Å²) in [6.45, 7) is 1.98. The lowest BCUT2D eigenvalue weighted by Crippen LogP contribution is -2.08. The Hall–Kier alpha value is -0.430. The first-order valence-corrected chi connectivity index (χ1v) is 6.21. The number of nitrogens with zero attached hydrogens (tertiary/aromatic N) is 2. The molecular formula is C9H11BrClN3OS. The highest BCUT2D eigenvalue weighted by atomic mass is 79.9. The lowest BCUT2D eigenvalue weighted by atomic mass is 10.2. The van der Waals surface area contributed by atoms with Crippen LogP contribution in [0.4, 0.5) is 0 Å². The first kappa shape index (κ1) is 13.6. The third-order valence-electron chi connectivity index (χ3n) is 1.99. The molecule has 0 amide bonds. The van der Waals surface area contributed by atoms with Gasteiger partial charge in [0.15, 0.2) is 0 Å². The zero-order valence-corrected chi connectivity index (χ0v) is 11.7. The van der Waals surface area contributed by atoms with Crippen molar-refractivity contribution in [3.8, 4) is 10.7 Å². The van der Waals surface area contributed by atoms with Gasteiger partial charge in [-0.15, -0.1) is 23.7 Å². The van der Waals surface area contributed by atoms with Gasteiger partial charge >= 0.3 is 0 Å². The molecule has 0 fully saturated rings. The molecule has 2 aromatic heterocycles. The fourth-order valence-electron chi connectivity index (χ4n) is 1.09. The number of rotatable bonds is 3. The summed E-state index contributed by atoms with van der Waals surface area (Å²) in [7, 11) is 0. The van der Waals surface area contributed by atoms with Gasteiger partial charge in [-0.1, -0.05) is 12.1 Å². The molecule has 0 bridgehead atoms. The van der Waals surface area contributed by atoms with Crippen LogP contribution >= 0.6 is 39.7 Å². The molecule has 0 saturated carbocycles. The smallest absolute Gasteiger partial charge is 0.243 e. The van der Waals surface area contributed by atoms with Gasteiger partial charge in [0.25, 0.3) is 0 Å².